The fourth-order valence-corrected chi connectivity index (χ4v) is 8.70. The molecular weight excluding hydrogens is 666 g/mol. The van der Waals surface area contributed by atoms with E-state index in [1.807, 2.05) is 0 Å². The van der Waals surface area contributed by atoms with Crippen LogP contribution in [0.5, 0.6) is 11.5 Å². The molecule has 2 saturated carbocycles. The third-order valence-corrected chi connectivity index (χ3v) is 11.9. The van der Waals surface area contributed by atoms with Crippen molar-refractivity contribution in [3.8, 4) is 11.5 Å². The minimum absolute atomic E-state index is 0.0218. The van der Waals surface area contributed by atoms with Crippen molar-refractivity contribution >= 4 is 72.6 Å². The van der Waals surface area contributed by atoms with Crippen LogP contribution >= 0.6 is 31.9 Å². The fraction of sp³-hybridized carbons (Fsp3) is 0.429. The molecule has 2 aromatic rings. The lowest BCUT2D eigenvalue weighted by molar-refractivity contribution is -0.384. The van der Waals surface area contributed by atoms with Gasteiger partial charge in [0.2, 0.25) is 17.7 Å². The molecule has 6 rings (SSSR count). The number of hydrogen-bond donors (Lipinski definition) is 0. The number of hydrogen-bond acceptors (Lipinski definition) is 8. The van der Waals surface area contributed by atoms with Gasteiger partial charge in [-0.05, 0) is 55.0 Å². The Balaban J connectivity index is 1.16. The van der Waals surface area contributed by atoms with Gasteiger partial charge in [-0.25, -0.2) is 4.90 Å². The summed E-state index contributed by atoms with van der Waals surface area (Å²) in [6, 6.07) is 8.67. The van der Waals surface area contributed by atoms with Gasteiger partial charge in [-0.1, -0.05) is 31.9 Å². The van der Waals surface area contributed by atoms with E-state index >= 15 is 0 Å². The summed E-state index contributed by atoms with van der Waals surface area (Å²) in [6.07, 6.45) is 0.749. The summed E-state index contributed by atoms with van der Waals surface area (Å²) in [7, 11) is 1.34. The topological polar surface area (TPSA) is 136 Å². The van der Waals surface area contributed by atoms with E-state index in [1.165, 1.54) is 41.2 Å². The number of fused-ring (bicyclic) bond motifs is 5. The number of nitro groups is 1. The van der Waals surface area contributed by atoms with Crippen LogP contribution in [0.3, 0.4) is 0 Å². The highest BCUT2D eigenvalue weighted by Crippen LogP contribution is 2.60. The van der Waals surface area contributed by atoms with Crippen LogP contribution < -0.4 is 19.3 Å². The fourth-order valence-electron chi connectivity index (χ4n) is 6.83. The monoisotopic (exact) mass is 689 g/mol. The van der Waals surface area contributed by atoms with Crippen molar-refractivity contribution in [2.75, 3.05) is 23.5 Å². The largest absolute Gasteiger partial charge is 0.494 e. The summed E-state index contributed by atoms with van der Waals surface area (Å²) in [6.45, 7) is 1.77. The van der Waals surface area contributed by atoms with Gasteiger partial charge in [0.15, 0.2) is 0 Å². The average molecular weight is 691 g/mol. The Labute approximate surface area is 251 Å². The van der Waals surface area contributed by atoms with Crippen LogP contribution in [0.15, 0.2) is 36.4 Å². The molecule has 11 nitrogen and oxygen atoms in total. The Bertz CT molecular complexity index is 1480. The van der Waals surface area contributed by atoms with Crippen molar-refractivity contribution in [1.82, 2.24) is 0 Å². The van der Waals surface area contributed by atoms with E-state index in [4.69, 9.17) is 9.47 Å². The first-order valence-corrected chi connectivity index (χ1v) is 15.0. The molecule has 2 saturated heterocycles. The van der Waals surface area contributed by atoms with Crippen molar-refractivity contribution in [2.24, 2.45) is 29.6 Å². The first-order chi connectivity index (χ1) is 19.5. The Kier molecular flexibility index (Phi) is 6.92. The molecule has 3 amide bonds. The molecule has 2 heterocycles. The molecule has 0 unspecified atom stereocenters. The molecule has 0 spiro atoms. The van der Waals surface area contributed by atoms with Crippen LogP contribution in [0.2, 0.25) is 0 Å². The van der Waals surface area contributed by atoms with E-state index in [-0.39, 0.29) is 81.2 Å². The van der Waals surface area contributed by atoms with Crippen LogP contribution in [0, 0.1) is 46.6 Å². The van der Waals surface area contributed by atoms with Gasteiger partial charge < -0.3 is 14.4 Å². The molecule has 4 aliphatic rings. The van der Waals surface area contributed by atoms with Crippen LogP contribution in [-0.4, -0.2) is 51.9 Å². The molecule has 0 N–H and O–H groups in total. The minimum atomic E-state index is -0.770. The van der Waals surface area contributed by atoms with Gasteiger partial charge in [0, 0.05) is 28.7 Å². The van der Waals surface area contributed by atoms with Crippen molar-refractivity contribution < 1.29 is 33.6 Å². The Morgan fingerprint density at radius 2 is 1.63 bits per heavy atom. The number of halogens is 2. The molecule has 4 fully saturated rings. The number of esters is 1. The van der Waals surface area contributed by atoms with Gasteiger partial charge in [-0.3, -0.25) is 29.3 Å². The second-order valence-corrected chi connectivity index (χ2v) is 13.0. The molecule has 0 aromatic heterocycles. The van der Waals surface area contributed by atoms with Gasteiger partial charge in [0.25, 0.3) is 5.69 Å². The molecular formula is C28H25Br2N3O8. The number of ether oxygens (including phenoxy) is 2. The highest BCUT2D eigenvalue weighted by Gasteiger charge is 2.66. The van der Waals surface area contributed by atoms with Crippen molar-refractivity contribution in [1.29, 1.82) is 0 Å². The number of rotatable bonds is 6. The number of aryl methyl sites for hydroxylation is 1. The number of non-ortho nitro benzene ring substituents is 1. The van der Waals surface area contributed by atoms with Gasteiger partial charge in [-0.2, -0.15) is 0 Å². The van der Waals surface area contributed by atoms with E-state index in [9.17, 15) is 29.3 Å². The number of nitro benzene ring substituents is 1. The Hall–Kier alpha value is -3.32. The van der Waals surface area contributed by atoms with E-state index in [0.717, 1.165) is 6.42 Å². The van der Waals surface area contributed by atoms with Crippen LogP contribution in [0.1, 0.15) is 18.4 Å². The molecule has 7 atom stereocenters. The second kappa shape index (κ2) is 10.2. The third-order valence-electron chi connectivity index (χ3n) is 8.74. The lowest BCUT2D eigenvalue weighted by Crippen LogP contribution is -2.37. The first-order valence-electron chi connectivity index (χ1n) is 13.1. The van der Waals surface area contributed by atoms with Crippen molar-refractivity contribution in [3.05, 3.63) is 52.1 Å². The maximum Gasteiger partial charge on any atom is 0.316 e. The molecule has 214 valence electrons. The Morgan fingerprint density at radius 3 is 2.22 bits per heavy atom. The first kappa shape index (κ1) is 27.8. The average Bonchev–Trinajstić information content (AvgIpc) is 3.66. The van der Waals surface area contributed by atoms with Crippen LogP contribution in [0.4, 0.5) is 17.1 Å². The highest BCUT2D eigenvalue weighted by atomic mass is 79.9. The zero-order valence-corrected chi connectivity index (χ0v) is 25.2. The SMILES string of the molecule is COc1cc([N+](=O)[O-])ccc1N1C[C@H](C(=O)Oc2ccc(N3C(=O)[C@@H]4[C@H]5C[C@@H]([C@@H](Br)[C@H]5Br)[C@H]4C3=O)c(C)c2)CC1=O. The predicted octanol–water partition coefficient (Wildman–Crippen LogP) is 4.15. The normalized spacial score (nSPS) is 30.2. The zero-order valence-electron chi connectivity index (χ0n) is 22.0. The number of benzene rings is 2. The van der Waals surface area contributed by atoms with Crippen LogP contribution in [-0.2, 0) is 19.2 Å². The number of nitrogens with zero attached hydrogens (tertiary/aromatic N) is 3. The number of carbonyl (C=O) groups is 4. The number of carbonyl (C=O) groups excluding carboxylic acids is 4. The second-order valence-electron chi connectivity index (χ2n) is 10.9. The standard InChI is InChI=1S/C28H25Br2N3O8/c1-12-7-15(4-6-18(12)32-26(35)22-16-10-17(23(22)27(32)36)25(30)24(16)29)41-28(37)13-8-21(34)31(11-13)19-5-3-14(33(38)39)9-20(19)40-2/h3-7,9,13,16-17,22-25H,8,10-11H2,1-2H3/t13-,16-,17-,22-,23-,24-,25+/m1/s1. The van der Waals surface area contributed by atoms with Crippen molar-refractivity contribution in [2.45, 2.75) is 29.4 Å². The smallest absolute Gasteiger partial charge is 0.316 e. The third kappa shape index (κ3) is 4.35. The summed E-state index contributed by atoms with van der Waals surface area (Å²) in [5.41, 5.74) is 1.22. The number of methoxy groups -OCH3 is 1. The van der Waals surface area contributed by atoms with Crippen LogP contribution in [0.25, 0.3) is 0 Å². The molecule has 2 aliphatic carbocycles. The molecule has 2 aromatic carbocycles. The lowest BCUT2D eigenvalue weighted by Gasteiger charge is -2.28. The van der Waals surface area contributed by atoms with Gasteiger partial charge in [-0.15, -0.1) is 0 Å². The van der Waals surface area contributed by atoms with E-state index < -0.39 is 16.8 Å². The number of amides is 3. The number of alkyl halides is 2. The lowest BCUT2D eigenvalue weighted by atomic mass is 9.81. The Morgan fingerprint density at radius 1 is 1.00 bits per heavy atom. The van der Waals surface area contributed by atoms with E-state index in [0.29, 0.717) is 16.9 Å². The predicted molar refractivity (Wildman–Crippen MR) is 153 cm³/mol. The zero-order chi connectivity index (χ0) is 29.3. The quantitative estimate of drug-likeness (QED) is 0.110. The molecule has 2 bridgehead atoms. The highest BCUT2D eigenvalue weighted by molar-refractivity contribution is 9.12. The summed E-state index contributed by atoms with van der Waals surface area (Å²) in [4.78, 5) is 66.1. The van der Waals surface area contributed by atoms with Gasteiger partial charge in [0.05, 0.1) is 47.2 Å². The molecule has 2 aliphatic heterocycles. The maximum absolute atomic E-state index is 13.4. The maximum atomic E-state index is 13.4. The molecule has 41 heavy (non-hydrogen) atoms. The summed E-state index contributed by atoms with van der Waals surface area (Å²) in [5, 5.41) is 11.1. The summed E-state index contributed by atoms with van der Waals surface area (Å²) >= 11 is 7.40. The summed E-state index contributed by atoms with van der Waals surface area (Å²) < 4.78 is 10.8. The molecule has 13 heteroatoms. The number of anilines is 2. The molecule has 0 radical (unpaired) electrons. The minimum Gasteiger partial charge on any atom is -0.494 e. The van der Waals surface area contributed by atoms with E-state index in [2.05, 4.69) is 31.9 Å². The number of imide groups is 1. The van der Waals surface area contributed by atoms with E-state index in [1.54, 1.807) is 19.1 Å². The van der Waals surface area contributed by atoms with Crippen molar-refractivity contribution in [3.63, 3.8) is 0 Å². The van der Waals surface area contributed by atoms with Gasteiger partial charge >= 0.3 is 5.97 Å². The van der Waals surface area contributed by atoms with Gasteiger partial charge in [0.1, 0.15) is 11.5 Å². The summed E-state index contributed by atoms with van der Waals surface area (Å²) in [5.74, 6) is -2.16.